The van der Waals surface area contributed by atoms with Crippen molar-refractivity contribution >= 4 is 31.9 Å². The highest BCUT2D eigenvalue weighted by Crippen LogP contribution is 2.27. The van der Waals surface area contributed by atoms with E-state index < -0.39 is 0 Å². The topological polar surface area (TPSA) is 42.7 Å². The monoisotopic (exact) mass is 372 g/mol. The zero-order chi connectivity index (χ0) is 13.1. The molecule has 1 aromatic carbocycles. The standard InChI is InChI=1S/C12H14Br2N4/c1-3-15-12(11-7-16-17-18(11)2)8-4-9(13)6-10(14)5-8/h4-7,12,15H,3H2,1-2H3. The second-order valence-corrected chi connectivity index (χ2v) is 5.81. The minimum absolute atomic E-state index is 0.0869. The third-order valence-electron chi connectivity index (χ3n) is 2.67. The van der Waals surface area contributed by atoms with E-state index in [2.05, 4.69) is 66.5 Å². The highest BCUT2D eigenvalue weighted by molar-refractivity contribution is 9.11. The number of nitrogens with zero attached hydrogens (tertiary/aromatic N) is 3. The Labute approximate surface area is 123 Å². The predicted molar refractivity (Wildman–Crippen MR) is 78.4 cm³/mol. The fourth-order valence-electron chi connectivity index (χ4n) is 1.90. The van der Waals surface area contributed by atoms with Gasteiger partial charge in [0.2, 0.25) is 0 Å². The molecular formula is C12H14Br2N4. The van der Waals surface area contributed by atoms with Gasteiger partial charge in [0.05, 0.1) is 17.9 Å². The van der Waals surface area contributed by atoms with Crippen LogP contribution in [0.1, 0.15) is 24.2 Å². The smallest absolute Gasteiger partial charge is 0.0798 e. The molecular weight excluding hydrogens is 360 g/mol. The third-order valence-corrected chi connectivity index (χ3v) is 3.59. The van der Waals surface area contributed by atoms with Crippen LogP contribution in [0, 0.1) is 0 Å². The van der Waals surface area contributed by atoms with Gasteiger partial charge in [-0.1, -0.05) is 44.0 Å². The SMILES string of the molecule is CCNC(c1cc(Br)cc(Br)c1)c1cnnn1C. The van der Waals surface area contributed by atoms with Crippen molar-refractivity contribution in [1.29, 1.82) is 0 Å². The molecule has 4 nitrogen and oxygen atoms in total. The number of nitrogens with one attached hydrogen (secondary N) is 1. The summed E-state index contributed by atoms with van der Waals surface area (Å²) < 4.78 is 3.89. The van der Waals surface area contributed by atoms with Gasteiger partial charge in [0.1, 0.15) is 0 Å². The van der Waals surface area contributed by atoms with Crippen molar-refractivity contribution in [2.24, 2.45) is 7.05 Å². The molecule has 0 aliphatic carbocycles. The zero-order valence-corrected chi connectivity index (χ0v) is 13.4. The molecule has 1 N–H and O–H groups in total. The van der Waals surface area contributed by atoms with E-state index in [1.807, 2.05) is 13.1 Å². The summed E-state index contributed by atoms with van der Waals surface area (Å²) in [5.41, 5.74) is 2.21. The Morgan fingerprint density at radius 3 is 2.44 bits per heavy atom. The van der Waals surface area contributed by atoms with Gasteiger partial charge in [0, 0.05) is 16.0 Å². The summed E-state index contributed by atoms with van der Waals surface area (Å²) in [5.74, 6) is 0. The van der Waals surface area contributed by atoms with Crippen LogP contribution in [0.3, 0.4) is 0 Å². The van der Waals surface area contributed by atoms with E-state index in [0.29, 0.717) is 0 Å². The fraction of sp³-hybridized carbons (Fsp3) is 0.333. The van der Waals surface area contributed by atoms with Crippen molar-refractivity contribution in [3.05, 3.63) is 44.6 Å². The van der Waals surface area contributed by atoms with Crippen LogP contribution in [0.25, 0.3) is 0 Å². The molecule has 6 heteroatoms. The number of aryl methyl sites for hydroxylation is 1. The molecule has 1 atom stereocenters. The molecule has 2 rings (SSSR count). The average Bonchev–Trinajstić information content (AvgIpc) is 2.71. The molecule has 0 aliphatic rings. The first-order valence-corrected chi connectivity index (χ1v) is 7.24. The third kappa shape index (κ3) is 2.99. The van der Waals surface area contributed by atoms with Crippen LogP contribution >= 0.6 is 31.9 Å². The van der Waals surface area contributed by atoms with Gasteiger partial charge in [0.15, 0.2) is 0 Å². The van der Waals surface area contributed by atoms with E-state index >= 15 is 0 Å². The maximum absolute atomic E-state index is 3.99. The number of aromatic nitrogens is 3. The summed E-state index contributed by atoms with van der Waals surface area (Å²) >= 11 is 7.04. The van der Waals surface area contributed by atoms with Gasteiger partial charge in [-0.15, -0.1) is 5.10 Å². The number of halogens is 2. The Morgan fingerprint density at radius 2 is 1.94 bits per heavy atom. The first kappa shape index (κ1) is 13.7. The molecule has 96 valence electrons. The summed E-state index contributed by atoms with van der Waals surface area (Å²) in [5, 5.41) is 11.4. The minimum atomic E-state index is 0.0869. The van der Waals surface area contributed by atoms with E-state index in [-0.39, 0.29) is 6.04 Å². The lowest BCUT2D eigenvalue weighted by Crippen LogP contribution is -2.24. The van der Waals surface area contributed by atoms with Crippen LogP contribution in [0.15, 0.2) is 33.3 Å². The Balaban J connectivity index is 2.44. The molecule has 0 radical (unpaired) electrons. The summed E-state index contributed by atoms with van der Waals surface area (Å²) in [6, 6.07) is 6.31. The lowest BCUT2D eigenvalue weighted by molar-refractivity contribution is 0.568. The van der Waals surface area contributed by atoms with E-state index in [4.69, 9.17) is 0 Å². The van der Waals surface area contributed by atoms with E-state index in [0.717, 1.165) is 21.2 Å². The van der Waals surface area contributed by atoms with Crippen LogP contribution in [-0.4, -0.2) is 21.5 Å². The van der Waals surface area contributed by atoms with E-state index in [1.165, 1.54) is 5.56 Å². The minimum Gasteiger partial charge on any atom is -0.305 e. The van der Waals surface area contributed by atoms with Gasteiger partial charge in [-0.2, -0.15) is 0 Å². The largest absolute Gasteiger partial charge is 0.305 e. The number of benzene rings is 1. The molecule has 18 heavy (non-hydrogen) atoms. The summed E-state index contributed by atoms with van der Waals surface area (Å²) in [6.07, 6.45) is 1.79. The van der Waals surface area contributed by atoms with E-state index in [9.17, 15) is 0 Å². The van der Waals surface area contributed by atoms with Gasteiger partial charge in [-0.25, -0.2) is 0 Å². The molecule has 2 aromatic rings. The van der Waals surface area contributed by atoms with Crippen LogP contribution < -0.4 is 5.32 Å². The predicted octanol–water partition coefficient (Wildman–Crippen LogP) is 3.04. The molecule has 0 spiro atoms. The average molecular weight is 374 g/mol. The van der Waals surface area contributed by atoms with Crippen molar-refractivity contribution < 1.29 is 0 Å². The number of rotatable bonds is 4. The molecule has 1 unspecified atom stereocenters. The van der Waals surface area contributed by atoms with Crippen LogP contribution in [0.5, 0.6) is 0 Å². The van der Waals surface area contributed by atoms with Gasteiger partial charge in [-0.3, -0.25) is 4.68 Å². The normalized spacial score (nSPS) is 12.7. The summed E-state index contributed by atoms with van der Waals surface area (Å²) in [6.45, 7) is 2.96. The van der Waals surface area contributed by atoms with Crippen molar-refractivity contribution in [2.45, 2.75) is 13.0 Å². The molecule has 1 aromatic heterocycles. The lowest BCUT2D eigenvalue weighted by Gasteiger charge is -2.18. The number of hydrogen-bond acceptors (Lipinski definition) is 3. The van der Waals surface area contributed by atoms with Crippen molar-refractivity contribution in [2.75, 3.05) is 6.54 Å². The Kier molecular flexibility index (Phi) is 4.53. The second kappa shape index (κ2) is 5.95. The van der Waals surface area contributed by atoms with Crippen molar-refractivity contribution in [3.63, 3.8) is 0 Å². The molecule has 1 heterocycles. The molecule has 0 aliphatic heterocycles. The van der Waals surface area contributed by atoms with Crippen LogP contribution in [0.2, 0.25) is 0 Å². The first-order valence-electron chi connectivity index (χ1n) is 5.65. The fourth-order valence-corrected chi connectivity index (χ4v) is 3.23. The second-order valence-electron chi connectivity index (χ2n) is 3.98. The molecule has 0 fully saturated rings. The Hall–Kier alpha value is -0.720. The Morgan fingerprint density at radius 1 is 1.28 bits per heavy atom. The molecule has 0 saturated carbocycles. The highest BCUT2D eigenvalue weighted by Gasteiger charge is 2.17. The summed E-state index contributed by atoms with van der Waals surface area (Å²) in [7, 11) is 1.90. The van der Waals surface area contributed by atoms with Crippen LogP contribution in [-0.2, 0) is 7.05 Å². The first-order chi connectivity index (χ1) is 8.61. The molecule has 0 bridgehead atoms. The van der Waals surface area contributed by atoms with Gasteiger partial charge < -0.3 is 5.32 Å². The molecule has 0 saturated heterocycles. The van der Waals surface area contributed by atoms with Crippen molar-refractivity contribution in [3.8, 4) is 0 Å². The maximum Gasteiger partial charge on any atom is 0.0798 e. The zero-order valence-electron chi connectivity index (χ0n) is 10.2. The highest BCUT2D eigenvalue weighted by atomic mass is 79.9. The lowest BCUT2D eigenvalue weighted by atomic mass is 10.0. The van der Waals surface area contributed by atoms with Gasteiger partial charge in [-0.05, 0) is 30.3 Å². The molecule has 0 amide bonds. The number of hydrogen-bond donors (Lipinski definition) is 1. The summed E-state index contributed by atoms with van der Waals surface area (Å²) in [4.78, 5) is 0. The van der Waals surface area contributed by atoms with E-state index in [1.54, 1.807) is 10.9 Å². The van der Waals surface area contributed by atoms with Crippen LogP contribution in [0.4, 0.5) is 0 Å². The van der Waals surface area contributed by atoms with Crippen molar-refractivity contribution in [1.82, 2.24) is 20.3 Å². The quantitative estimate of drug-likeness (QED) is 0.895. The van der Waals surface area contributed by atoms with Gasteiger partial charge in [0.25, 0.3) is 0 Å². The maximum atomic E-state index is 3.99. The Bertz CT molecular complexity index is 518. The van der Waals surface area contributed by atoms with Gasteiger partial charge >= 0.3 is 0 Å².